The number of halogens is 4. The van der Waals surface area contributed by atoms with Crippen molar-refractivity contribution in [1.29, 1.82) is 5.26 Å². The Hall–Kier alpha value is -6.12. The zero-order chi connectivity index (χ0) is 52.0. The number of rotatable bonds is 19. The van der Waals surface area contributed by atoms with Crippen LogP contribution in [0.4, 0.5) is 28.9 Å². The highest BCUT2D eigenvalue weighted by Crippen LogP contribution is 2.43. The highest BCUT2D eigenvalue weighted by molar-refractivity contribution is 7.81. The van der Waals surface area contributed by atoms with Crippen LogP contribution in [0.15, 0.2) is 59.2 Å². The SMILES string of the molecule is Cc1cc(OCCCCOCCOCC(N)=N[C@H](C(=O)N2C[C@H](O)C[C@H]2C(=O)NCc2ccc(-c3scnc3C)cc2)C(C)(C)C)ncc1N1C(=S)N(c2ccc(C#N)c(C(F)(F)F)c2F)C(=O)C1(C)C. The van der Waals surface area contributed by atoms with Gasteiger partial charge in [-0.2, -0.15) is 18.4 Å². The Morgan fingerprint density at radius 2 is 1.75 bits per heavy atom. The number of thiazole rings is 1. The zero-order valence-corrected chi connectivity index (χ0v) is 42.1. The number of nitrogens with zero attached hydrogens (tertiary/aromatic N) is 7. The van der Waals surface area contributed by atoms with Crippen molar-refractivity contribution in [2.75, 3.05) is 49.4 Å². The van der Waals surface area contributed by atoms with Gasteiger partial charge in [-0.05, 0) is 87.0 Å². The van der Waals surface area contributed by atoms with Crippen LogP contribution in [0.2, 0.25) is 0 Å². The fourth-order valence-corrected chi connectivity index (χ4v) is 9.50. The molecular weight excluding hydrogens is 967 g/mol. The van der Waals surface area contributed by atoms with Crippen LogP contribution in [0.5, 0.6) is 5.88 Å². The van der Waals surface area contributed by atoms with E-state index in [0.29, 0.717) is 35.6 Å². The van der Waals surface area contributed by atoms with Crippen molar-refractivity contribution in [3.8, 4) is 22.4 Å². The van der Waals surface area contributed by atoms with Gasteiger partial charge in [0.15, 0.2) is 10.9 Å². The van der Waals surface area contributed by atoms with Gasteiger partial charge in [-0.1, -0.05) is 45.0 Å². The average molecular weight is 1020 g/mol. The number of nitriles is 1. The summed E-state index contributed by atoms with van der Waals surface area (Å²) in [5.41, 5.74) is 6.28. The Bertz CT molecular complexity index is 2690. The third kappa shape index (κ3) is 12.5. The molecule has 0 saturated carbocycles. The number of benzene rings is 2. The molecule has 0 aliphatic carbocycles. The number of aliphatic imine (C=N–C) groups is 1. The predicted molar refractivity (Wildman–Crippen MR) is 263 cm³/mol. The molecule has 4 N–H and O–H groups in total. The van der Waals surface area contributed by atoms with Crippen molar-refractivity contribution in [2.45, 2.75) is 104 Å². The summed E-state index contributed by atoms with van der Waals surface area (Å²) in [7, 11) is 0. The van der Waals surface area contributed by atoms with Crippen LogP contribution in [-0.2, 0) is 36.6 Å². The number of likely N-dealkylation sites (tertiary alicyclic amines) is 1. The average Bonchev–Trinajstić information content (AvgIpc) is 3.97. The van der Waals surface area contributed by atoms with Gasteiger partial charge in [0.1, 0.15) is 35.6 Å². The Labute approximate surface area is 418 Å². The maximum Gasteiger partial charge on any atom is 0.420 e. The standard InChI is InChI=1S/C49H57F4N9O7S2/c1-28-20-38(56-24-36(28)62-46(70)61(45(66)48(62,6)7)34-15-14-32(22-54)39(40(34)50)49(51,52)53)69-17-9-8-16-67-18-19-68-26-37(55)59-42(47(3,4)5)44(65)60-25-33(63)21-35(60)43(64)57-23-30-10-12-31(13-11-30)41-29(2)58-27-71-41/h10-15,20,24,27,33,35,42,63H,8-9,16-19,21,23,25-26H2,1-7H3,(H2,55,59)(H,57,64)/t33-,35+,42-/m1/s1. The van der Waals surface area contributed by atoms with Crippen LogP contribution in [0, 0.1) is 36.4 Å². The number of aliphatic hydroxyl groups is 1. The highest BCUT2D eigenvalue weighted by Gasteiger charge is 2.52. The molecule has 16 nitrogen and oxygen atoms in total. The largest absolute Gasteiger partial charge is 0.478 e. The number of nitrogens with one attached hydrogen (secondary N) is 1. The quantitative estimate of drug-likeness (QED) is 0.0284. The smallest absolute Gasteiger partial charge is 0.420 e. The number of unbranched alkanes of at least 4 members (excludes halogenated alkanes) is 1. The maximum atomic E-state index is 15.4. The molecule has 4 heterocycles. The first-order valence-electron chi connectivity index (χ1n) is 22.8. The molecule has 0 spiro atoms. The number of pyridine rings is 1. The normalized spacial score (nSPS) is 17.7. The van der Waals surface area contributed by atoms with Gasteiger partial charge >= 0.3 is 6.18 Å². The fraction of sp³-hybridized carbons (Fsp3) is 0.469. The van der Waals surface area contributed by atoms with Gasteiger partial charge in [0, 0.05) is 32.2 Å². The first-order chi connectivity index (χ1) is 33.4. The maximum absolute atomic E-state index is 15.4. The van der Waals surface area contributed by atoms with E-state index in [1.54, 1.807) is 29.8 Å². The molecule has 2 fully saturated rings. The number of β-amino-alcohol motifs (C(OH)–C–C–N with tert-alkyl or cyclic N) is 1. The van der Waals surface area contributed by atoms with Gasteiger partial charge in [0.25, 0.3) is 5.91 Å². The molecule has 380 valence electrons. The molecule has 3 amide bonds. The Balaban J connectivity index is 0.921. The van der Waals surface area contributed by atoms with E-state index < -0.39 is 69.8 Å². The third-order valence-corrected chi connectivity index (χ3v) is 13.3. The summed E-state index contributed by atoms with van der Waals surface area (Å²) in [6, 6.07) is 10.7. The second kappa shape index (κ2) is 22.5. The summed E-state index contributed by atoms with van der Waals surface area (Å²) in [6.45, 7) is 13.5. The number of aryl methyl sites for hydroxylation is 2. The van der Waals surface area contributed by atoms with E-state index in [0.717, 1.165) is 33.8 Å². The number of alkyl halides is 3. The van der Waals surface area contributed by atoms with Gasteiger partial charge in [-0.25, -0.2) is 14.4 Å². The molecule has 2 aliphatic rings. The number of aliphatic hydroxyl groups excluding tert-OH is 1. The van der Waals surface area contributed by atoms with Crippen LogP contribution in [0.25, 0.3) is 10.4 Å². The molecule has 71 heavy (non-hydrogen) atoms. The van der Waals surface area contributed by atoms with Gasteiger partial charge in [-0.3, -0.25) is 24.3 Å². The number of anilines is 2. The fourth-order valence-electron chi connectivity index (χ4n) is 8.18. The van der Waals surface area contributed by atoms with E-state index in [9.17, 15) is 37.9 Å². The highest BCUT2D eigenvalue weighted by atomic mass is 32.1. The summed E-state index contributed by atoms with van der Waals surface area (Å²) in [5, 5.41) is 22.4. The molecule has 0 bridgehead atoms. The lowest BCUT2D eigenvalue weighted by molar-refractivity contribution is -0.141. The minimum absolute atomic E-state index is 0.0140. The number of amidine groups is 1. The summed E-state index contributed by atoms with van der Waals surface area (Å²) in [5.74, 6) is -3.00. The lowest BCUT2D eigenvalue weighted by Crippen LogP contribution is -2.51. The molecule has 2 aliphatic heterocycles. The summed E-state index contributed by atoms with van der Waals surface area (Å²) < 4.78 is 74.0. The van der Waals surface area contributed by atoms with Gasteiger partial charge in [0.05, 0.1) is 71.2 Å². The summed E-state index contributed by atoms with van der Waals surface area (Å²) >= 11 is 7.11. The van der Waals surface area contributed by atoms with Crippen molar-refractivity contribution in [3.63, 3.8) is 0 Å². The number of ether oxygens (including phenoxy) is 3. The van der Waals surface area contributed by atoms with E-state index in [-0.39, 0.29) is 68.7 Å². The zero-order valence-electron chi connectivity index (χ0n) is 40.4. The number of amides is 3. The van der Waals surface area contributed by atoms with E-state index in [2.05, 4.69) is 20.3 Å². The number of thiocarbonyl (C=S) groups is 1. The van der Waals surface area contributed by atoms with Crippen LogP contribution in [-0.4, -0.2) is 112 Å². The minimum atomic E-state index is -5.20. The minimum Gasteiger partial charge on any atom is -0.478 e. The molecule has 2 aromatic heterocycles. The van der Waals surface area contributed by atoms with E-state index in [1.165, 1.54) is 35.9 Å². The lowest BCUT2D eigenvalue weighted by Gasteiger charge is -2.33. The number of hydrogen-bond acceptors (Lipinski definition) is 13. The second-order valence-corrected chi connectivity index (χ2v) is 20.0. The molecule has 0 unspecified atom stereocenters. The second-order valence-electron chi connectivity index (χ2n) is 18.7. The molecule has 0 radical (unpaired) electrons. The number of hydrogen-bond donors (Lipinski definition) is 3. The Kier molecular flexibility index (Phi) is 17.2. The Morgan fingerprint density at radius 3 is 2.38 bits per heavy atom. The van der Waals surface area contributed by atoms with Gasteiger partial charge in [-0.15, -0.1) is 11.3 Å². The van der Waals surface area contributed by atoms with E-state index in [1.807, 2.05) is 52.0 Å². The topological polar surface area (TPSA) is 209 Å². The Morgan fingerprint density at radius 1 is 1.06 bits per heavy atom. The number of nitrogens with two attached hydrogens (primary N) is 1. The van der Waals surface area contributed by atoms with E-state index >= 15 is 4.39 Å². The predicted octanol–water partition coefficient (Wildman–Crippen LogP) is 7.01. The van der Waals surface area contributed by atoms with Crippen LogP contribution < -0.4 is 25.6 Å². The molecule has 3 atom stereocenters. The number of aromatic nitrogens is 2. The van der Waals surface area contributed by atoms with E-state index in [4.69, 9.17) is 32.2 Å². The molecule has 4 aromatic rings. The third-order valence-electron chi connectivity index (χ3n) is 11.9. The molecule has 6 rings (SSSR count). The van der Waals surface area contributed by atoms with Crippen molar-refractivity contribution >= 4 is 63.6 Å². The molecule has 2 saturated heterocycles. The van der Waals surface area contributed by atoms with Crippen LogP contribution in [0.1, 0.15) is 81.8 Å². The van der Waals surface area contributed by atoms with Crippen molar-refractivity contribution < 1.29 is 51.3 Å². The van der Waals surface area contributed by atoms with Crippen molar-refractivity contribution in [1.82, 2.24) is 20.2 Å². The van der Waals surface area contributed by atoms with Crippen LogP contribution in [0.3, 0.4) is 0 Å². The molecule has 22 heteroatoms. The van der Waals surface area contributed by atoms with Gasteiger partial charge in [0.2, 0.25) is 17.7 Å². The first-order valence-corrected chi connectivity index (χ1v) is 24.1. The first kappa shape index (κ1) is 54.2. The lowest BCUT2D eigenvalue weighted by atomic mass is 9.86. The number of carbonyl (C=O) groups excluding carboxylic acids is 3. The summed E-state index contributed by atoms with van der Waals surface area (Å²) in [4.78, 5) is 58.8. The summed E-state index contributed by atoms with van der Waals surface area (Å²) in [6.07, 6.45) is -3.33. The van der Waals surface area contributed by atoms with Crippen LogP contribution >= 0.6 is 23.6 Å². The number of carbonyl (C=O) groups is 3. The van der Waals surface area contributed by atoms with Crippen molar-refractivity contribution in [3.05, 3.63) is 87.9 Å². The van der Waals surface area contributed by atoms with Crippen molar-refractivity contribution in [2.24, 2.45) is 16.1 Å². The molecular formula is C49H57F4N9O7S2. The molecule has 2 aromatic carbocycles. The monoisotopic (exact) mass is 1020 g/mol. The van der Waals surface area contributed by atoms with Gasteiger partial charge < -0.3 is 40.2 Å².